The molecule has 0 atom stereocenters. The fraction of sp³-hybridized carbons (Fsp3) is 0.158. The molecule has 0 saturated carbocycles. The minimum absolute atomic E-state index is 0.0782. The van der Waals surface area contributed by atoms with Crippen LogP contribution in [0.25, 0.3) is 10.9 Å². The Labute approximate surface area is 150 Å². The van der Waals surface area contributed by atoms with Gasteiger partial charge in [0.05, 0.1) is 6.42 Å². The topological polar surface area (TPSA) is 74.0 Å². The molecule has 0 saturated heterocycles. The first-order chi connectivity index (χ1) is 12.1. The summed E-state index contributed by atoms with van der Waals surface area (Å²) in [5, 5.41) is 7.21. The fourth-order valence-corrected chi connectivity index (χ4v) is 2.72. The second-order valence-electron chi connectivity index (χ2n) is 5.65. The van der Waals surface area contributed by atoms with Crippen LogP contribution in [-0.2, 0) is 11.2 Å². The summed E-state index contributed by atoms with van der Waals surface area (Å²) in [5.74, 6) is -0.270. The lowest BCUT2D eigenvalue weighted by Gasteiger charge is -2.07. The SMILES string of the molecule is O=C(Cc1c[nH]c2ccccc12)NCCNC(=O)c1ccc(Cl)cc1. The molecule has 0 fully saturated rings. The molecular weight excluding hydrogens is 338 g/mol. The van der Waals surface area contributed by atoms with E-state index in [-0.39, 0.29) is 11.8 Å². The summed E-state index contributed by atoms with van der Waals surface area (Å²) < 4.78 is 0. The second-order valence-corrected chi connectivity index (χ2v) is 6.09. The number of carbonyl (C=O) groups excluding carboxylic acids is 2. The Hall–Kier alpha value is -2.79. The van der Waals surface area contributed by atoms with Crippen molar-refractivity contribution < 1.29 is 9.59 Å². The normalized spacial score (nSPS) is 10.6. The Kier molecular flexibility index (Phi) is 5.36. The summed E-state index contributed by atoms with van der Waals surface area (Å²) in [4.78, 5) is 27.1. The van der Waals surface area contributed by atoms with Crippen LogP contribution in [0.3, 0.4) is 0 Å². The molecule has 0 spiro atoms. The predicted octanol–water partition coefficient (Wildman–Crippen LogP) is 2.91. The Morgan fingerprint density at radius 3 is 2.48 bits per heavy atom. The Bertz CT molecular complexity index is 887. The van der Waals surface area contributed by atoms with E-state index < -0.39 is 0 Å². The molecule has 2 amide bonds. The van der Waals surface area contributed by atoms with Gasteiger partial charge in [0.15, 0.2) is 0 Å². The summed E-state index contributed by atoms with van der Waals surface area (Å²) in [6.45, 7) is 0.738. The van der Waals surface area contributed by atoms with E-state index in [9.17, 15) is 9.59 Å². The van der Waals surface area contributed by atoms with Crippen LogP contribution in [0.5, 0.6) is 0 Å². The van der Waals surface area contributed by atoms with E-state index in [1.807, 2.05) is 30.5 Å². The number of carbonyl (C=O) groups is 2. The van der Waals surface area contributed by atoms with Crippen molar-refractivity contribution in [3.63, 3.8) is 0 Å². The number of aromatic amines is 1. The lowest BCUT2D eigenvalue weighted by atomic mass is 10.1. The van der Waals surface area contributed by atoms with Crippen LogP contribution in [0.15, 0.2) is 54.7 Å². The standard InChI is InChI=1S/C19H18ClN3O2/c20-15-7-5-13(6-8-15)19(25)22-10-9-21-18(24)11-14-12-23-17-4-2-1-3-16(14)17/h1-8,12,23H,9-11H2,(H,21,24)(H,22,25). The summed E-state index contributed by atoms with van der Waals surface area (Å²) in [6.07, 6.45) is 2.15. The molecule has 1 aromatic heterocycles. The average Bonchev–Trinajstić information content (AvgIpc) is 3.02. The number of fused-ring (bicyclic) bond motifs is 1. The van der Waals surface area contributed by atoms with Crippen LogP contribution in [0.1, 0.15) is 15.9 Å². The number of para-hydroxylation sites is 1. The number of benzene rings is 2. The van der Waals surface area contributed by atoms with Gasteiger partial charge in [0.1, 0.15) is 0 Å². The van der Waals surface area contributed by atoms with Gasteiger partial charge in [0.2, 0.25) is 5.91 Å². The molecular formula is C19H18ClN3O2. The van der Waals surface area contributed by atoms with E-state index in [1.54, 1.807) is 24.3 Å². The smallest absolute Gasteiger partial charge is 0.251 e. The van der Waals surface area contributed by atoms with Crippen LogP contribution in [0, 0.1) is 0 Å². The number of hydrogen-bond acceptors (Lipinski definition) is 2. The molecule has 0 aliphatic rings. The third-order valence-electron chi connectivity index (χ3n) is 3.87. The van der Waals surface area contributed by atoms with Crippen molar-refractivity contribution in [3.8, 4) is 0 Å². The largest absolute Gasteiger partial charge is 0.361 e. The zero-order valence-corrected chi connectivity index (χ0v) is 14.3. The monoisotopic (exact) mass is 355 g/mol. The highest BCUT2D eigenvalue weighted by Crippen LogP contribution is 2.17. The number of rotatable bonds is 6. The van der Waals surface area contributed by atoms with E-state index >= 15 is 0 Å². The van der Waals surface area contributed by atoms with Gasteiger partial charge in [-0.1, -0.05) is 29.8 Å². The summed E-state index contributed by atoms with van der Waals surface area (Å²) in [5.41, 5.74) is 2.51. The highest BCUT2D eigenvalue weighted by atomic mass is 35.5. The summed E-state index contributed by atoms with van der Waals surface area (Å²) in [7, 11) is 0. The Morgan fingerprint density at radius 2 is 1.68 bits per heavy atom. The van der Waals surface area contributed by atoms with Crippen molar-refractivity contribution in [2.75, 3.05) is 13.1 Å². The van der Waals surface area contributed by atoms with E-state index in [2.05, 4.69) is 15.6 Å². The quantitative estimate of drug-likeness (QED) is 0.595. The third-order valence-corrected chi connectivity index (χ3v) is 4.12. The molecule has 0 aliphatic heterocycles. The molecule has 3 rings (SSSR count). The molecule has 2 aromatic carbocycles. The molecule has 25 heavy (non-hydrogen) atoms. The highest BCUT2D eigenvalue weighted by Gasteiger charge is 2.09. The molecule has 0 radical (unpaired) electrons. The van der Waals surface area contributed by atoms with Crippen molar-refractivity contribution in [2.45, 2.75) is 6.42 Å². The zero-order valence-electron chi connectivity index (χ0n) is 13.5. The molecule has 6 heteroatoms. The molecule has 0 unspecified atom stereocenters. The lowest BCUT2D eigenvalue weighted by Crippen LogP contribution is -2.35. The second kappa shape index (κ2) is 7.85. The van der Waals surface area contributed by atoms with Crippen molar-refractivity contribution in [1.29, 1.82) is 0 Å². The number of amides is 2. The number of nitrogens with one attached hydrogen (secondary N) is 3. The van der Waals surface area contributed by atoms with Gasteiger partial charge in [-0.05, 0) is 35.9 Å². The molecule has 5 nitrogen and oxygen atoms in total. The highest BCUT2D eigenvalue weighted by molar-refractivity contribution is 6.30. The Balaban J connectivity index is 1.43. The first kappa shape index (κ1) is 17.0. The first-order valence-corrected chi connectivity index (χ1v) is 8.37. The fourth-order valence-electron chi connectivity index (χ4n) is 2.59. The predicted molar refractivity (Wildman–Crippen MR) is 98.8 cm³/mol. The zero-order chi connectivity index (χ0) is 17.6. The minimum atomic E-state index is -0.192. The average molecular weight is 356 g/mol. The number of H-pyrrole nitrogens is 1. The maximum Gasteiger partial charge on any atom is 0.251 e. The van der Waals surface area contributed by atoms with Gasteiger partial charge in [0.25, 0.3) is 5.91 Å². The summed E-state index contributed by atoms with van der Waals surface area (Å²) in [6, 6.07) is 14.5. The van der Waals surface area contributed by atoms with E-state index in [0.29, 0.717) is 30.1 Å². The van der Waals surface area contributed by atoms with Crippen molar-refractivity contribution >= 4 is 34.3 Å². The molecule has 1 heterocycles. The van der Waals surface area contributed by atoms with Crippen molar-refractivity contribution in [3.05, 3.63) is 70.9 Å². The molecule has 0 bridgehead atoms. The van der Waals surface area contributed by atoms with Crippen molar-refractivity contribution in [1.82, 2.24) is 15.6 Å². The number of halogens is 1. The maximum absolute atomic E-state index is 12.1. The van der Waals surface area contributed by atoms with Gasteiger partial charge >= 0.3 is 0 Å². The van der Waals surface area contributed by atoms with E-state index in [0.717, 1.165) is 16.5 Å². The van der Waals surface area contributed by atoms with Gasteiger partial charge in [-0.15, -0.1) is 0 Å². The van der Waals surface area contributed by atoms with Gasteiger partial charge < -0.3 is 15.6 Å². The van der Waals surface area contributed by atoms with Crippen molar-refractivity contribution in [2.24, 2.45) is 0 Å². The summed E-state index contributed by atoms with van der Waals surface area (Å²) >= 11 is 5.79. The number of hydrogen-bond donors (Lipinski definition) is 3. The lowest BCUT2D eigenvalue weighted by molar-refractivity contribution is -0.120. The van der Waals surface area contributed by atoms with Gasteiger partial charge in [-0.3, -0.25) is 9.59 Å². The van der Waals surface area contributed by atoms with Crippen LogP contribution < -0.4 is 10.6 Å². The van der Waals surface area contributed by atoms with E-state index in [1.165, 1.54) is 0 Å². The van der Waals surface area contributed by atoms with Crippen LogP contribution in [0.4, 0.5) is 0 Å². The first-order valence-electron chi connectivity index (χ1n) is 7.99. The van der Waals surface area contributed by atoms with Gasteiger partial charge in [0, 0.05) is 40.8 Å². The van der Waals surface area contributed by atoms with E-state index in [4.69, 9.17) is 11.6 Å². The Morgan fingerprint density at radius 1 is 0.960 bits per heavy atom. The molecule has 3 N–H and O–H groups in total. The van der Waals surface area contributed by atoms with Gasteiger partial charge in [-0.2, -0.15) is 0 Å². The molecule has 3 aromatic rings. The maximum atomic E-state index is 12.1. The van der Waals surface area contributed by atoms with Crippen LogP contribution >= 0.6 is 11.6 Å². The molecule has 0 aliphatic carbocycles. The third kappa shape index (κ3) is 4.39. The minimum Gasteiger partial charge on any atom is -0.361 e. The molecule has 128 valence electrons. The number of aromatic nitrogens is 1. The van der Waals surface area contributed by atoms with Gasteiger partial charge in [-0.25, -0.2) is 0 Å². The van der Waals surface area contributed by atoms with Crippen LogP contribution in [0.2, 0.25) is 5.02 Å². The van der Waals surface area contributed by atoms with Crippen LogP contribution in [-0.4, -0.2) is 29.9 Å².